The van der Waals surface area contributed by atoms with Gasteiger partial charge in [0, 0.05) is 19.5 Å². The Hall–Kier alpha value is -1.78. The molecule has 0 aromatic rings. The highest BCUT2D eigenvalue weighted by Gasteiger charge is 2.34. The maximum atomic E-state index is 12.2. The molecule has 1 atom stereocenters. The predicted octanol–water partition coefficient (Wildman–Crippen LogP) is 2.25. The average Bonchev–Trinajstić information content (AvgIpc) is 2.90. The second kappa shape index (κ2) is 11.8. The molecule has 7 heteroatoms. The fourth-order valence-corrected chi connectivity index (χ4v) is 2.64. The smallest absolute Gasteiger partial charge is 0.407 e. The van der Waals surface area contributed by atoms with Crippen molar-refractivity contribution in [2.45, 2.75) is 58.0 Å². The van der Waals surface area contributed by atoms with Crippen molar-refractivity contribution in [1.29, 1.82) is 0 Å². The van der Waals surface area contributed by atoms with Crippen LogP contribution in [0.1, 0.15) is 51.9 Å². The summed E-state index contributed by atoms with van der Waals surface area (Å²) < 4.78 is 4.74. The van der Waals surface area contributed by atoms with Gasteiger partial charge in [0.2, 0.25) is 0 Å². The first-order valence-electron chi connectivity index (χ1n) is 9.56. The normalized spacial score (nSPS) is 17.0. The van der Waals surface area contributed by atoms with Crippen molar-refractivity contribution in [2.75, 3.05) is 40.3 Å². The van der Waals surface area contributed by atoms with Gasteiger partial charge in [0.25, 0.3) is 5.91 Å². The monoisotopic (exact) mass is 367 g/mol. The number of alkyl carbamates (subject to hydrolysis) is 1. The zero-order valence-electron chi connectivity index (χ0n) is 16.4. The molecule has 1 heterocycles. The molecule has 0 aromatic heterocycles. The summed E-state index contributed by atoms with van der Waals surface area (Å²) in [5, 5.41) is 14.1. The molecule has 1 saturated heterocycles. The molecule has 1 N–H and O–H groups in total. The molecule has 1 fully saturated rings. The van der Waals surface area contributed by atoms with Crippen molar-refractivity contribution in [2.24, 2.45) is 0 Å². The summed E-state index contributed by atoms with van der Waals surface area (Å²) in [7, 11) is 3.03. The highest BCUT2D eigenvalue weighted by atomic mass is 16.6. The fourth-order valence-electron chi connectivity index (χ4n) is 2.64. The molecule has 148 valence electrons. The Morgan fingerprint density at radius 1 is 1.27 bits per heavy atom. The summed E-state index contributed by atoms with van der Waals surface area (Å²) in [5.41, 5.74) is 0. The van der Waals surface area contributed by atoms with E-state index in [1.807, 2.05) is 0 Å². The number of rotatable bonds is 10. The number of hydroxylamine groups is 3. The minimum absolute atomic E-state index is 0.183. The van der Waals surface area contributed by atoms with Crippen LogP contribution in [-0.2, 0) is 9.53 Å². The van der Waals surface area contributed by atoms with Gasteiger partial charge in [-0.3, -0.25) is 4.79 Å². The standard InChI is InChI=1S/C19H33N3O4/c1-4-5-6-7-8-9-13-20-19(24)26-17-12-15-21(18(17)23)14-10-11-16-22(2,3)25/h17H,4-9,12-16H2,1-3H3,(H,20,24)/t17-/m1/s1. The largest absolute Gasteiger partial charge is 0.632 e. The third-order valence-corrected chi connectivity index (χ3v) is 4.15. The molecule has 2 amide bonds. The summed E-state index contributed by atoms with van der Waals surface area (Å²) in [4.78, 5) is 25.5. The van der Waals surface area contributed by atoms with Gasteiger partial charge in [-0.1, -0.05) is 44.9 Å². The van der Waals surface area contributed by atoms with Crippen molar-refractivity contribution in [3.05, 3.63) is 5.21 Å². The SMILES string of the molecule is CCCCCCCCNC(=O)O[C@@H]1CCN(CC#CC[N+](C)(C)[O-])C1=O. The number of amides is 2. The summed E-state index contributed by atoms with van der Waals surface area (Å²) in [6.07, 6.45) is 6.14. The number of quaternary nitrogens is 1. The second-order valence-corrected chi connectivity index (χ2v) is 7.22. The third kappa shape index (κ3) is 9.64. The molecular weight excluding hydrogens is 334 g/mol. The molecule has 0 saturated carbocycles. The van der Waals surface area contributed by atoms with Crippen LogP contribution in [0.15, 0.2) is 0 Å². The van der Waals surface area contributed by atoms with Gasteiger partial charge in [0.05, 0.1) is 20.6 Å². The lowest BCUT2D eigenvalue weighted by atomic mass is 10.1. The first kappa shape index (κ1) is 22.3. The maximum absolute atomic E-state index is 12.2. The Bertz CT molecular complexity index is 505. The van der Waals surface area contributed by atoms with Gasteiger partial charge in [0.1, 0.15) is 6.54 Å². The third-order valence-electron chi connectivity index (χ3n) is 4.15. The van der Waals surface area contributed by atoms with Gasteiger partial charge >= 0.3 is 6.09 Å². The van der Waals surface area contributed by atoms with Crippen LogP contribution in [0, 0.1) is 17.0 Å². The Morgan fingerprint density at radius 3 is 2.65 bits per heavy atom. The molecule has 0 radical (unpaired) electrons. The van der Waals surface area contributed by atoms with E-state index in [-0.39, 0.29) is 19.0 Å². The number of likely N-dealkylation sites (tertiary alicyclic amines) is 1. The molecule has 0 bridgehead atoms. The fraction of sp³-hybridized carbons (Fsp3) is 0.789. The van der Waals surface area contributed by atoms with Crippen LogP contribution < -0.4 is 5.32 Å². The highest BCUT2D eigenvalue weighted by Crippen LogP contribution is 2.14. The lowest BCUT2D eigenvalue weighted by Gasteiger charge is -2.31. The van der Waals surface area contributed by atoms with Gasteiger partial charge in [-0.2, -0.15) is 0 Å². The first-order valence-corrected chi connectivity index (χ1v) is 9.56. The Kier molecular flexibility index (Phi) is 10.1. The summed E-state index contributed by atoms with van der Waals surface area (Å²) >= 11 is 0. The van der Waals surface area contributed by atoms with Crippen molar-refractivity contribution in [1.82, 2.24) is 10.2 Å². The molecule has 26 heavy (non-hydrogen) atoms. The van der Waals surface area contributed by atoms with E-state index < -0.39 is 16.8 Å². The van der Waals surface area contributed by atoms with E-state index >= 15 is 0 Å². The Morgan fingerprint density at radius 2 is 1.96 bits per heavy atom. The topological polar surface area (TPSA) is 81.7 Å². The summed E-state index contributed by atoms with van der Waals surface area (Å²) in [6, 6.07) is 0. The van der Waals surface area contributed by atoms with Crippen LogP contribution in [0.4, 0.5) is 4.79 Å². The van der Waals surface area contributed by atoms with Gasteiger partial charge in [-0.05, 0) is 12.3 Å². The number of hydrogen-bond donors (Lipinski definition) is 1. The zero-order chi connectivity index (χ0) is 19.4. The molecule has 1 rings (SSSR count). The first-order chi connectivity index (χ1) is 12.3. The number of ether oxygens (including phenoxy) is 1. The lowest BCUT2D eigenvalue weighted by Crippen LogP contribution is -2.36. The van der Waals surface area contributed by atoms with Crippen LogP contribution in [0.2, 0.25) is 0 Å². The van der Waals surface area contributed by atoms with Gasteiger partial charge in [-0.15, -0.1) is 0 Å². The van der Waals surface area contributed by atoms with E-state index in [2.05, 4.69) is 24.1 Å². The molecule has 0 unspecified atom stereocenters. The highest BCUT2D eigenvalue weighted by molar-refractivity contribution is 5.85. The predicted molar refractivity (Wildman–Crippen MR) is 101 cm³/mol. The van der Waals surface area contributed by atoms with Gasteiger partial charge in [0.15, 0.2) is 6.10 Å². The second-order valence-electron chi connectivity index (χ2n) is 7.22. The zero-order valence-corrected chi connectivity index (χ0v) is 16.4. The molecule has 0 aliphatic carbocycles. The quantitative estimate of drug-likeness (QED) is 0.278. The van der Waals surface area contributed by atoms with Crippen molar-refractivity contribution in [3.63, 3.8) is 0 Å². The number of carbonyl (C=O) groups excluding carboxylic acids is 2. The van der Waals surface area contributed by atoms with E-state index in [1.54, 1.807) is 4.90 Å². The van der Waals surface area contributed by atoms with Crippen molar-refractivity contribution >= 4 is 12.0 Å². The van der Waals surface area contributed by atoms with E-state index in [0.29, 0.717) is 19.5 Å². The van der Waals surface area contributed by atoms with Gasteiger partial charge in [-0.25, -0.2) is 4.79 Å². The van der Waals surface area contributed by atoms with Crippen LogP contribution in [-0.4, -0.2) is 67.9 Å². The van der Waals surface area contributed by atoms with E-state index in [1.165, 1.54) is 39.8 Å². The molecular formula is C19H33N3O4. The van der Waals surface area contributed by atoms with Crippen LogP contribution in [0.3, 0.4) is 0 Å². The summed E-state index contributed by atoms with van der Waals surface area (Å²) in [6.45, 7) is 3.71. The lowest BCUT2D eigenvalue weighted by molar-refractivity contribution is -0.832. The maximum Gasteiger partial charge on any atom is 0.407 e. The molecule has 1 aliphatic heterocycles. The molecule has 0 aromatic carbocycles. The number of hydrogen-bond acceptors (Lipinski definition) is 4. The summed E-state index contributed by atoms with van der Waals surface area (Å²) in [5.74, 6) is 5.39. The van der Waals surface area contributed by atoms with Crippen molar-refractivity contribution < 1.29 is 19.0 Å². The van der Waals surface area contributed by atoms with Crippen LogP contribution >= 0.6 is 0 Å². The van der Waals surface area contributed by atoms with E-state index in [4.69, 9.17) is 4.74 Å². The van der Waals surface area contributed by atoms with Crippen LogP contribution in [0.25, 0.3) is 0 Å². The Labute approximate surface area is 157 Å². The van der Waals surface area contributed by atoms with Crippen LogP contribution in [0.5, 0.6) is 0 Å². The molecule has 0 spiro atoms. The van der Waals surface area contributed by atoms with E-state index in [0.717, 1.165) is 12.8 Å². The number of unbranched alkanes of at least 4 members (excludes halogenated alkanes) is 5. The molecule has 1 aliphatic rings. The minimum atomic E-state index is -0.729. The Balaban J connectivity index is 2.19. The number of nitrogens with zero attached hydrogens (tertiary/aromatic N) is 2. The van der Waals surface area contributed by atoms with E-state index in [9.17, 15) is 14.8 Å². The number of nitrogens with one attached hydrogen (secondary N) is 1. The molecule has 7 nitrogen and oxygen atoms in total. The van der Waals surface area contributed by atoms with Gasteiger partial charge < -0.3 is 24.8 Å². The number of carbonyl (C=O) groups is 2. The average molecular weight is 367 g/mol. The minimum Gasteiger partial charge on any atom is -0.632 e. The van der Waals surface area contributed by atoms with Crippen molar-refractivity contribution in [3.8, 4) is 11.8 Å².